The van der Waals surface area contributed by atoms with Crippen LogP contribution in [0.1, 0.15) is 64.9 Å². The molecule has 2 N–H and O–H groups in total. The number of carbonyl (C=O) groups is 2. The first-order valence-corrected chi connectivity index (χ1v) is 11.8. The van der Waals surface area contributed by atoms with Gasteiger partial charge in [-0.25, -0.2) is 4.79 Å². The van der Waals surface area contributed by atoms with Gasteiger partial charge < -0.3 is 20.1 Å². The molecule has 1 aromatic rings. The molecule has 1 aliphatic rings. The summed E-state index contributed by atoms with van der Waals surface area (Å²) in [6.07, 6.45) is 5.42. The van der Waals surface area contributed by atoms with E-state index in [0.717, 1.165) is 30.8 Å². The molecule has 0 radical (unpaired) electrons. The van der Waals surface area contributed by atoms with Crippen molar-refractivity contribution >= 4 is 11.9 Å². The smallest absolute Gasteiger partial charge is 0.326 e. The van der Waals surface area contributed by atoms with E-state index >= 15 is 0 Å². The maximum absolute atomic E-state index is 12.1. The number of rotatable bonds is 11. The minimum absolute atomic E-state index is 0.150. The molecule has 1 fully saturated rings. The van der Waals surface area contributed by atoms with Crippen LogP contribution in [0.4, 0.5) is 0 Å². The van der Waals surface area contributed by atoms with E-state index in [1.54, 1.807) is 13.8 Å². The van der Waals surface area contributed by atoms with Crippen molar-refractivity contribution in [2.75, 3.05) is 26.7 Å². The highest BCUT2D eigenvalue weighted by molar-refractivity contribution is 5.83. The van der Waals surface area contributed by atoms with E-state index in [9.17, 15) is 14.7 Å². The summed E-state index contributed by atoms with van der Waals surface area (Å²) in [5.41, 5.74) is 2.28. The molecule has 0 spiro atoms. The lowest BCUT2D eigenvalue weighted by Gasteiger charge is -2.35. The summed E-state index contributed by atoms with van der Waals surface area (Å²) in [4.78, 5) is 25.8. The number of nitrogens with zero attached hydrogens (tertiary/aromatic N) is 1. The van der Waals surface area contributed by atoms with Crippen molar-refractivity contribution in [1.82, 2.24) is 10.2 Å². The Morgan fingerprint density at radius 3 is 2.69 bits per heavy atom. The summed E-state index contributed by atoms with van der Waals surface area (Å²) >= 11 is 0. The Morgan fingerprint density at radius 1 is 1.28 bits per heavy atom. The number of benzene rings is 1. The Bertz CT molecular complexity index is 792. The Kier molecular flexibility index (Phi) is 9.76. The SMILES string of the molecule is C=C(CCC(=O)NC(C(=O)O)C(C)C)COc1cccc(C2(CC)CCCCN(C)C2)c1. The highest BCUT2D eigenvalue weighted by Crippen LogP contribution is 2.37. The highest BCUT2D eigenvalue weighted by Gasteiger charge is 2.33. The summed E-state index contributed by atoms with van der Waals surface area (Å²) in [5.74, 6) is -0.648. The molecule has 0 bridgehead atoms. The number of carbonyl (C=O) groups excluding carboxylic acids is 1. The number of carboxylic acids is 1. The van der Waals surface area contributed by atoms with Crippen LogP contribution in [0.25, 0.3) is 0 Å². The standard InChI is InChI=1S/C26H40N2O4/c1-6-26(14-7-8-15-28(5)18-26)21-10-9-11-22(16-21)32-17-20(4)12-13-23(29)27-24(19(2)3)25(30)31/h9-11,16,19,24H,4,6-8,12-15,17-18H2,1-3,5H3,(H,27,29)(H,30,31). The van der Waals surface area contributed by atoms with Gasteiger partial charge in [0.15, 0.2) is 0 Å². The Hall–Kier alpha value is -2.34. The topological polar surface area (TPSA) is 78.9 Å². The van der Waals surface area contributed by atoms with E-state index in [-0.39, 0.29) is 23.7 Å². The van der Waals surface area contributed by atoms with Gasteiger partial charge in [0.05, 0.1) is 0 Å². The number of carboxylic acid groups (broad SMARTS) is 1. The zero-order chi connectivity index (χ0) is 23.7. The molecule has 1 saturated heterocycles. The first kappa shape index (κ1) is 25.9. The number of hydrogen-bond donors (Lipinski definition) is 2. The van der Waals surface area contributed by atoms with Crippen molar-refractivity contribution in [3.8, 4) is 5.75 Å². The van der Waals surface area contributed by atoms with Crippen LogP contribution in [0.2, 0.25) is 0 Å². The van der Waals surface area contributed by atoms with Crippen molar-refractivity contribution in [2.45, 2.75) is 70.8 Å². The normalized spacial score (nSPS) is 20.4. The van der Waals surface area contributed by atoms with Gasteiger partial charge in [-0.3, -0.25) is 4.79 Å². The summed E-state index contributed by atoms with van der Waals surface area (Å²) < 4.78 is 6.00. The number of ether oxygens (including phenoxy) is 1. The van der Waals surface area contributed by atoms with E-state index in [1.807, 2.05) is 6.07 Å². The molecule has 32 heavy (non-hydrogen) atoms. The summed E-state index contributed by atoms with van der Waals surface area (Å²) in [7, 11) is 2.20. The van der Waals surface area contributed by atoms with E-state index in [0.29, 0.717) is 13.0 Å². The third-order valence-corrected chi connectivity index (χ3v) is 6.54. The molecule has 0 aliphatic carbocycles. The second-order valence-electron chi connectivity index (χ2n) is 9.52. The minimum Gasteiger partial charge on any atom is -0.489 e. The van der Waals surface area contributed by atoms with Crippen molar-refractivity contribution in [3.63, 3.8) is 0 Å². The molecule has 1 heterocycles. The van der Waals surface area contributed by atoms with Gasteiger partial charge in [0.2, 0.25) is 5.91 Å². The van der Waals surface area contributed by atoms with Gasteiger partial charge in [0.1, 0.15) is 18.4 Å². The van der Waals surface area contributed by atoms with Crippen molar-refractivity contribution in [1.29, 1.82) is 0 Å². The van der Waals surface area contributed by atoms with Gasteiger partial charge in [-0.1, -0.05) is 45.9 Å². The molecule has 6 heteroatoms. The maximum Gasteiger partial charge on any atom is 0.326 e. The largest absolute Gasteiger partial charge is 0.489 e. The van der Waals surface area contributed by atoms with Gasteiger partial charge in [-0.15, -0.1) is 0 Å². The summed E-state index contributed by atoms with van der Waals surface area (Å²) in [5, 5.41) is 11.8. The van der Waals surface area contributed by atoms with Crippen LogP contribution in [-0.2, 0) is 15.0 Å². The minimum atomic E-state index is -1.01. The summed E-state index contributed by atoms with van der Waals surface area (Å²) in [6, 6.07) is 7.52. The van der Waals surface area contributed by atoms with E-state index in [4.69, 9.17) is 4.74 Å². The first-order valence-electron chi connectivity index (χ1n) is 11.8. The Morgan fingerprint density at radius 2 is 2.03 bits per heavy atom. The van der Waals surface area contributed by atoms with Crippen molar-refractivity contribution in [2.24, 2.45) is 5.92 Å². The monoisotopic (exact) mass is 444 g/mol. The number of likely N-dealkylation sites (tertiary alicyclic amines) is 1. The number of aliphatic carboxylic acids is 1. The predicted molar refractivity (Wildman–Crippen MR) is 128 cm³/mol. The molecular weight excluding hydrogens is 404 g/mol. The zero-order valence-corrected chi connectivity index (χ0v) is 20.2. The molecule has 2 atom stereocenters. The van der Waals surface area contributed by atoms with Crippen molar-refractivity contribution in [3.05, 3.63) is 42.0 Å². The second-order valence-corrected chi connectivity index (χ2v) is 9.52. The van der Waals surface area contributed by atoms with Crippen molar-refractivity contribution < 1.29 is 19.4 Å². The van der Waals surface area contributed by atoms with Crippen LogP contribution in [0.3, 0.4) is 0 Å². The molecule has 1 amide bonds. The van der Waals surface area contributed by atoms with Gasteiger partial charge in [0.25, 0.3) is 0 Å². The molecule has 2 unspecified atom stereocenters. The third kappa shape index (κ3) is 7.37. The quantitative estimate of drug-likeness (QED) is 0.495. The summed E-state index contributed by atoms with van der Waals surface area (Å²) in [6.45, 7) is 12.4. The van der Waals surface area contributed by atoms with Gasteiger partial charge in [-0.2, -0.15) is 0 Å². The van der Waals surface area contributed by atoms with Crippen LogP contribution in [0.15, 0.2) is 36.4 Å². The first-order chi connectivity index (χ1) is 15.2. The van der Waals surface area contributed by atoms with Crippen LogP contribution in [-0.4, -0.2) is 54.7 Å². The molecular formula is C26H40N2O4. The highest BCUT2D eigenvalue weighted by atomic mass is 16.5. The Labute approximate surface area is 193 Å². The van der Waals surface area contributed by atoms with Gasteiger partial charge >= 0.3 is 5.97 Å². The average Bonchev–Trinajstić information content (AvgIpc) is 2.96. The fourth-order valence-electron chi connectivity index (χ4n) is 4.47. The van der Waals surface area contributed by atoms with Crippen LogP contribution in [0.5, 0.6) is 5.75 Å². The van der Waals surface area contributed by atoms with Gasteiger partial charge in [0, 0.05) is 18.4 Å². The molecule has 1 aromatic carbocycles. The fourth-order valence-corrected chi connectivity index (χ4v) is 4.47. The second kappa shape index (κ2) is 12.0. The predicted octanol–water partition coefficient (Wildman–Crippen LogP) is 4.39. The lowest BCUT2D eigenvalue weighted by Crippen LogP contribution is -2.44. The molecule has 0 aromatic heterocycles. The van der Waals surface area contributed by atoms with E-state index in [1.165, 1.54) is 24.8 Å². The van der Waals surface area contributed by atoms with Crippen LogP contribution >= 0.6 is 0 Å². The maximum atomic E-state index is 12.1. The lowest BCUT2D eigenvalue weighted by atomic mass is 9.74. The van der Waals surface area contributed by atoms with E-state index < -0.39 is 12.0 Å². The molecule has 1 aliphatic heterocycles. The lowest BCUT2D eigenvalue weighted by molar-refractivity contribution is -0.143. The number of nitrogens with one attached hydrogen (secondary N) is 1. The van der Waals surface area contributed by atoms with Gasteiger partial charge in [-0.05, 0) is 68.5 Å². The Balaban J connectivity index is 1.91. The van der Waals surface area contributed by atoms with Crippen LogP contribution in [0, 0.1) is 5.92 Å². The number of hydrogen-bond acceptors (Lipinski definition) is 4. The zero-order valence-electron chi connectivity index (χ0n) is 20.2. The third-order valence-electron chi connectivity index (χ3n) is 6.54. The molecule has 2 rings (SSSR count). The molecule has 178 valence electrons. The fraction of sp³-hybridized carbons (Fsp3) is 0.615. The van der Waals surface area contributed by atoms with E-state index in [2.05, 4.69) is 49.0 Å². The van der Waals surface area contributed by atoms with Crippen LogP contribution < -0.4 is 10.1 Å². The average molecular weight is 445 g/mol. The number of likely N-dealkylation sites (N-methyl/N-ethyl adjacent to an activating group) is 1. The molecule has 0 saturated carbocycles. The number of amides is 1. The molecule has 6 nitrogen and oxygen atoms in total.